The first-order chi connectivity index (χ1) is 9.70. The second kappa shape index (κ2) is 7.91. The van der Waals surface area contributed by atoms with Gasteiger partial charge in [0.05, 0.1) is 6.61 Å². The van der Waals surface area contributed by atoms with Gasteiger partial charge in [-0.15, -0.1) is 0 Å². The molecule has 0 aliphatic rings. The van der Waals surface area contributed by atoms with Gasteiger partial charge in [0.2, 0.25) is 5.88 Å². The van der Waals surface area contributed by atoms with Gasteiger partial charge in [0.25, 0.3) is 5.69 Å². The summed E-state index contributed by atoms with van der Waals surface area (Å²) in [5.41, 5.74) is -1.64. The summed E-state index contributed by atoms with van der Waals surface area (Å²) in [5.74, 6) is 2.21. The van der Waals surface area contributed by atoms with Gasteiger partial charge in [0, 0.05) is 22.9 Å². The molecule has 0 N–H and O–H groups in total. The van der Waals surface area contributed by atoms with Crippen molar-refractivity contribution >= 4 is 28.9 Å². The van der Waals surface area contributed by atoms with Crippen LogP contribution in [0.3, 0.4) is 0 Å². The fraction of sp³-hybridized carbons (Fsp3) is 0.714. The second-order valence-corrected chi connectivity index (χ2v) is 12.1. The lowest BCUT2D eigenvalue weighted by molar-refractivity contribution is 0.340. The predicted molar refractivity (Wildman–Crippen MR) is 94.8 cm³/mol. The summed E-state index contributed by atoms with van der Waals surface area (Å²) in [4.78, 5) is 9.00. The summed E-state index contributed by atoms with van der Waals surface area (Å²) >= 11 is 7.18. The fourth-order valence-electron chi connectivity index (χ4n) is 1.49. The summed E-state index contributed by atoms with van der Waals surface area (Å²) in [6, 6.07) is 1.82. The zero-order valence-electron chi connectivity index (χ0n) is 13.7. The number of nitrogens with zero attached hydrogens (tertiary/aromatic N) is 2. The van der Waals surface area contributed by atoms with Crippen molar-refractivity contribution in [1.29, 1.82) is 0 Å². The molecule has 0 radical (unpaired) electrons. The minimum absolute atomic E-state index is 0.130. The van der Waals surface area contributed by atoms with Crippen LogP contribution in [0.1, 0.15) is 52.6 Å². The van der Waals surface area contributed by atoms with Gasteiger partial charge in [0.1, 0.15) is 5.82 Å². The summed E-state index contributed by atoms with van der Waals surface area (Å²) in [6.45, 7) is 12.8. The van der Waals surface area contributed by atoms with Crippen LogP contribution in [0, 0.1) is 6.92 Å². The van der Waals surface area contributed by atoms with E-state index in [1.807, 2.05) is 19.9 Å². The highest BCUT2D eigenvalue weighted by atomic mass is 32.9. The van der Waals surface area contributed by atoms with Gasteiger partial charge in [-0.05, 0) is 32.1 Å². The predicted octanol–water partition coefficient (Wildman–Crippen LogP) is 4.87. The molecular formula is C14H25N2O2PS2. The van der Waals surface area contributed by atoms with E-state index in [9.17, 15) is 0 Å². The molecule has 1 rings (SSSR count). The Bertz CT molecular complexity index is 518. The van der Waals surface area contributed by atoms with Crippen molar-refractivity contribution in [1.82, 2.24) is 9.97 Å². The van der Waals surface area contributed by atoms with Crippen LogP contribution in [0.25, 0.3) is 0 Å². The highest BCUT2D eigenvalue weighted by Crippen LogP contribution is 2.60. The third-order valence-electron chi connectivity index (χ3n) is 2.45. The standard InChI is InChI=1S/C14H25N2O2PS2/c1-7-9-21-19(20,17-8-2)18-12-10-11(3)15-13(16-12)14(4,5)6/h10H,7-9H2,1-6H3. The largest absolute Gasteiger partial charge is 0.418 e. The van der Waals surface area contributed by atoms with Crippen LogP contribution in [0.2, 0.25) is 0 Å². The van der Waals surface area contributed by atoms with E-state index < -0.39 is 5.69 Å². The Morgan fingerprint density at radius 3 is 2.48 bits per heavy atom. The Kier molecular flexibility index (Phi) is 7.11. The maximum absolute atomic E-state index is 5.98. The average molecular weight is 348 g/mol. The number of aromatic nitrogens is 2. The monoisotopic (exact) mass is 348 g/mol. The lowest BCUT2D eigenvalue weighted by atomic mass is 9.96. The molecule has 0 bridgehead atoms. The SMILES string of the molecule is CCCSP(=S)(OCC)Oc1cc(C)nc(C(C)(C)C)n1. The first-order valence-electron chi connectivity index (χ1n) is 7.15. The van der Waals surface area contributed by atoms with Gasteiger partial charge in [-0.2, -0.15) is 4.98 Å². The van der Waals surface area contributed by atoms with E-state index in [4.69, 9.17) is 20.9 Å². The van der Waals surface area contributed by atoms with Crippen LogP contribution < -0.4 is 4.52 Å². The van der Waals surface area contributed by atoms with Crippen molar-refractivity contribution in [3.8, 4) is 5.88 Å². The molecular weight excluding hydrogens is 323 g/mol. The minimum atomic E-state index is -2.39. The van der Waals surface area contributed by atoms with Crippen molar-refractivity contribution in [2.45, 2.75) is 53.4 Å². The van der Waals surface area contributed by atoms with E-state index in [2.05, 4.69) is 37.7 Å². The lowest BCUT2D eigenvalue weighted by Crippen LogP contribution is -2.17. The first kappa shape index (κ1) is 18.9. The lowest BCUT2D eigenvalue weighted by Gasteiger charge is -2.22. The summed E-state index contributed by atoms with van der Waals surface area (Å²) in [6.07, 6.45) is 1.04. The van der Waals surface area contributed by atoms with Gasteiger partial charge in [0.15, 0.2) is 0 Å². The van der Waals surface area contributed by atoms with Gasteiger partial charge in [-0.25, -0.2) is 4.98 Å². The van der Waals surface area contributed by atoms with Crippen molar-refractivity contribution in [3.05, 3.63) is 17.6 Å². The highest BCUT2D eigenvalue weighted by Gasteiger charge is 2.24. The van der Waals surface area contributed by atoms with Crippen LogP contribution in [0.4, 0.5) is 0 Å². The minimum Gasteiger partial charge on any atom is -0.418 e. The Balaban J connectivity index is 3.04. The normalized spacial score (nSPS) is 14.8. The highest BCUT2D eigenvalue weighted by molar-refractivity contribution is 8.68. The molecule has 1 atom stereocenters. The second-order valence-electron chi connectivity index (χ2n) is 5.71. The van der Waals surface area contributed by atoms with Gasteiger partial charge >= 0.3 is 0 Å². The van der Waals surface area contributed by atoms with Gasteiger partial charge < -0.3 is 9.05 Å². The number of aryl methyl sites for hydroxylation is 1. The third kappa shape index (κ3) is 6.23. The van der Waals surface area contributed by atoms with Crippen molar-refractivity contribution in [2.24, 2.45) is 0 Å². The van der Waals surface area contributed by atoms with Crippen molar-refractivity contribution in [3.63, 3.8) is 0 Å². The summed E-state index contributed by atoms with van der Waals surface area (Å²) in [7, 11) is 0. The number of hydrogen-bond donors (Lipinski definition) is 0. The molecule has 0 saturated heterocycles. The summed E-state index contributed by atoms with van der Waals surface area (Å²) in [5, 5.41) is 0. The first-order valence-corrected chi connectivity index (χ1v) is 11.4. The molecule has 1 aromatic rings. The molecule has 1 aromatic heterocycles. The average Bonchev–Trinajstić information content (AvgIpc) is 2.35. The molecule has 0 spiro atoms. The quantitative estimate of drug-likeness (QED) is 0.655. The Hall–Kier alpha value is -0.160. The fourth-order valence-corrected chi connectivity index (χ4v) is 6.07. The molecule has 0 aromatic carbocycles. The van der Waals surface area contributed by atoms with E-state index in [1.165, 1.54) is 0 Å². The molecule has 0 fully saturated rings. The molecule has 120 valence electrons. The zero-order valence-corrected chi connectivity index (χ0v) is 16.2. The molecule has 0 saturated carbocycles. The molecule has 0 aliphatic heterocycles. The number of hydrogen-bond acceptors (Lipinski definition) is 6. The molecule has 7 heteroatoms. The van der Waals surface area contributed by atoms with Crippen molar-refractivity contribution in [2.75, 3.05) is 12.4 Å². The molecule has 0 aliphatic carbocycles. The Morgan fingerprint density at radius 1 is 1.29 bits per heavy atom. The van der Waals surface area contributed by atoms with Gasteiger partial charge in [-0.3, -0.25) is 0 Å². The van der Waals surface area contributed by atoms with Crippen LogP contribution in [0.15, 0.2) is 6.07 Å². The van der Waals surface area contributed by atoms with Gasteiger partial charge in [-0.1, -0.05) is 39.1 Å². The Morgan fingerprint density at radius 2 is 1.95 bits per heavy atom. The van der Waals surface area contributed by atoms with Crippen LogP contribution >= 0.6 is 17.1 Å². The summed E-state index contributed by atoms with van der Waals surface area (Å²) < 4.78 is 11.7. The third-order valence-corrected chi connectivity index (χ3v) is 7.86. The molecule has 21 heavy (non-hydrogen) atoms. The Labute approximate surface area is 137 Å². The molecule has 1 heterocycles. The smallest absolute Gasteiger partial charge is 0.298 e. The zero-order chi connectivity index (χ0) is 16.1. The van der Waals surface area contributed by atoms with E-state index in [0.717, 1.165) is 23.7 Å². The van der Waals surface area contributed by atoms with E-state index in [0.29, 0.717) is 12.5 Å². The maximum Gasteiger partial charge on any atom is 0.298 e. The molecule has 0 amide bonds. The van der Waals surface area contributed by atoms with E-state index in [-0.39, 0.29) is 5.41 Å². The number of rotatable bonds is 7. The van der Waals surface area contributed by atoms with E-state index >= 15 is 0 Å². The van der Waals surface area contributed by atoms with Crippen LogP contribution in [0.5, 0.6) is 5.88 Å². The molecule has 1 unspecified atom stereocenters. The topological polar surface area (TPSA) is 44.2 Å². The maximum atomic E-state index is 5.98. The van der Waals surface area contributed by atoms with Crippen LogP contribution in [-0.2, 0) is 21.7 Å². The molecule has 4 nitrogen and oxygen atoms in total. The van der Waals surface area contributed by atoms with Crippen molar-refractivity contribution < 1.29 is 9.05 Å². The van der Waals surface area contributed by atoms with E-state index in [1.54, 1.807) is 11.4 Å². The van der Waals surface area contributed by atoms with Crippen LogP contribution in [-0.4, -0.2) is 22.3 Å².